The van der Waals surface area contributed by atoms with Crippen LogP contribution in [0.15, 0.2) is 30.5 Å². The first-order chi connectivity index (χ1) is 12.0. The van der Waals surface area contributed by atoms with E-state index in [1.165, 1.54) is 12.1 Å². The molecule has 0 saturated carbocycles. The molecule has 3 rings (SSSR count). The smallest absolute Gasteiger partial charge is 0.257 e. The topological polar surface area (TPSA) is 67.5 Å². The fourth-order valence-electron chi connectivity index (χ4n) is 3.12. The number of hydrogen-bond acceptors (Lipinski definition) is 4. The van der Waals surface area contributed by atoms with E-state index in [4.69, 9.17) is 9.47 Å². The van der Waals surface area contributed by atoms with Gasteiger partial charge in [0, 0.05) is 25.4 Å². The van der Waals surface area contributed by atoms with E-state index in [0.29, 0.717) is 24.4 Å². The molecule has 7 heteroatoms. The molecule has 134 valence electrons. The number of benzene rings is 1. The highest BCUT2D eigenvalue weighted by atomic mass is 19.1. The summed E-state index contributed by atoms with van der Waals surface area (Å²) in [5.41, 5.74) is 0.699. The second kappa shape index (κ2) is 7.23. The molecule has 1 fully saturated rings. The summed E-state index contributed by atoms with van der Waals surface area (Å²) in [6.07, 6.45) is 3.12. The summed E-state index contributed by atoms with van der Waals surface area (Å²) in [6.45, 7) is 3.15. The number of amides is 1. The molecule has 0 bridgehead atoms. The summed E-state index contributed by atoms with van der Waals surface area (Å²) in [5, 5.41) is 6.70. The highest BCUT2D eigenvalue weighted by Crippen LogP contribution is 2.27. The Morgan fingerprint density at radius 3 is 3.00 bits per heavy atom. The lowest BCUT2D eigenvalue weighted by Crippen LogP contribution is -2.54. The quantitative estimate of drug-likeness (QED) is 0.903. The van der Waals surface area contributed by atoms with Gasteiger partial charge in [0.15, 0.2) is 0 Å². The minimum absolute atomic E-state index is 0.0712. The number of rotatable bonds is 5. The predicted octanol–water partition coefficient (Wildman–Crippen LogP) is 2.56. The number of piperidine rings is 1. The number of aromatic nitrogens is 2. The Hall–Kier alpha value is -2.41. The zero-order chi connectivity index (χ0) is 17.9. The van der Waals surface area contributed by atoms with Crippen LogP contribution >= 0.6 is 0 Å². The number of nitrogens with one attached hydrogen (secondary N) is 1. The van der Waals surface area contributed by atoms with Crippen molar-refractivity contribution in [3.63, 3.8) is 0 Å². The Morgan fingerprint density at radius 2 is 2.32 bits per heavy atom. The standard InChI is InChI=1S/C18H22FN3O3/c1-13-16(10-20-21-13)17(23)22-8-4-7-18(11-22,24-2)12-25-15-6-3-5-14(19)9-15/h3,5-6,9-10H,4,7-8,11-12H2,1-2H3,(H,20,21)/t18-/m0/s1. The fraction of sp³-hybridized carbons (Fsp3) is 0.444. The maximum absolute atomic E-state index is 13.3. The van der Waals surface area contributed by atoms with Gasteiger partial charge in [0.1, 0.15) is 23.8 Å². The van der Waals surface area contributed by atoms with Gasteiger partial charge in [-0.1, -0.05) is 6.07 Å². The molecule has 0 radical (unpaired) electrons. The van der Waals surface area contributed by atoms with E-state index in [1.54, 1.807) is 30.3 Å². The van der Waals surface area contributed by atoms with Crippen LogP contribution in [0.3, 0.4) is 0 Å². The number of ether oxygens (including phenoxy) is 2. The molecule has 1 aromatic heterocycles. The molecule has 1 saturated heterocycles. The molecule has 1 N–H and O–H groups in total. The van der Waals surface area contributed by atoms with E-state index in [9.17, 15) is 9.18 Å². The van der Waals surface area contributed by atoms with Crippen LogP contribution in [0.4, 0.5) is 4.39 Å². The number of aromatic amines is 1. The van der Waals surface area contributed by atoms with Gasteiger partial charge in [-0.25, -0.2) is 4.39 Å². The Labute approximate surface area is 145 Å². The fourth-order valence-corrected chi connectivity index (χ4v) is 3.12. The Bertz CT molecular complexity index is 749. The molecule has 2 aromatic rings. The summed E-state index contributed by atoms with van der Waals surface area (Å²) in [5.74, 6) is 0.0310. The third-order valence-electron chi connectivity index (χ3n) is 4.62. The minimum atomic E-state index is -0.613. The first-order valence-corrected chi connectivity index (χ1v) is 8.26. The van der Waals surface area contributed by atoms with Crippen LogP contribution in [0.25, 0.3) is 0 Å². The van der Waals surface area contributed by atoms with E-state index >= 15 is 0 Å². The molecule has 0 unspecified atom stereocenters. The zero-order valence-electron chi connectivity index (χ0n) is 14.4. The molecular formula is C18H22FN3O3. The van der Waals surface area contributed by atoms with Crippen LogP contribution in [0.5, 0.6) is 5.75 Å². The van der Waals surface area contributed by atoms with E-state index in [1.807, 2.05) is 6.92 Å². The lowest BCUT2D eigenvalue weighted by atomic mass is 9.92. The number of H-pyrrole nitrogens is 1. The molecule has 25 heavy (non-hydrogen) atoms. The third kappa shape index (κ3) is 3.82. The maximum Gasteiger partial charge on any atom is 0.257 e. The van der Waals surface area contributed by atoms with Crippen molar-refractivity contribution in [2.45, 2.75) is 25.4 Å². The number of aryl methyl sites for hydroxylation is 1. The van der Waals surface area contributed by atoms with Crippen LogP contribution < -0.4 is 4.74 Å². The SMILES string of the molecule is CO[C@@]1(COc2cccc(F)c2)CCCN(C(=O)c2cn[nH]c2C)C1. The van der Waals surface area contributed by atoms with Crippen molar-refractivity contribution in [3.05, 3.63) is 47.5 Å². The highest BCUT2D eigenvalue weighted by molar-refractivity contribution is 5.95. The van der Waals surface area contributed by atoms with Crippen LogP contribution in [0.1, 0.15) is 28.9 Å². The Kier molecular flexibility index (Phi) is 5.03. The first kappa shape index (κ1) is 17.4. The third-order valence-corrected chi connectivity index (χ3v) is 4.62. The summed E-state index contributed by atoms with van der Waals surface area (Å²) >= 11 is 0. The van der Waals surface area contributed by atoms with Crippen LogP contribution in [0.2, 0.25) is 0 Å². The lowest BCUT2D eigenvalue weighted by Gasteiger charge is -2.41. The maximum atomic E-state index is 13.3. The average Bonchev–Trinajstić information content (AvgIpc) is 3.05. The minimum Gasteiger partial charge on any atom is -0.490 e. The van der Waals surface area contributed by atoms with Crippen LogP contribution in [-0.4, -0.2) is 53.4 Å². The number of halogens is 1. The monoisotopic (exact) mass is 347 g/mol. The van der Waals surface area contributed by atoms with Crippen LogP contribution in [0, 0.1) is 12.7 Å². The molecule has 1 aliphatic rings. The predicted molar refractivity (Wildman–Crippen MR) is 90.1 cm³/mol. The van der Waals surface area contributed by atoms with Crippen molar-refractivity contribution in [1.29, 1.82) is 0 Å². The van der Waals surface area contributed by atoms with E-state index in [2.05, 4.69) is 10.2 Å². The summed E-state index contributed by atoms with van der Waals surface area (Å²) < 4.78 is 24.8. The van der Waals surface area contributed by atoms with Crippen molar-refractivity contribution in [2.24, 2.45) is 0 Å². The Balaban J connectivity index is 1.70. The largest absolute Gasteiger partial charge is 0.490 e. The summed E-state index contributed by atoms with van der Waals surface area (Å²) in [6, 6.07) is 6.01. The molecule has 1 aromatic carbocycles. The molecule has 0 spiro atoms. The van der Waals surface area contributed by atoms with Gasteiger partial charge in [-0.3, -0.25) is 9.89 Å². The number of nitrogens with zero attached hydrogens (tertiary/aromatic N) is 2. The highest BCUT2D eigenvalue weighted by Gasteiger charge is 2.39. The van der Waals surface area contributed by atoms with E-state index in [-0.39, 0.29) is 18.3 Å². The number of carbonyl (C=O) groups excluding carboxylic acids is 1. The van der Waals surface area contributed by atoms with Gasteiger partial charge in [0.25, 0.3) is 5.91 Å². The van der Waals surface area contributed by atoms with Gasteiger partial charge in [-0.05, 0) is 31.9 Å². The summed E-state index contributed by atoms with van der Waals surface area (Å²) in [7, 11) is 1.62. The number of likely N-dealkylation sites (tertiary alicyclic amines) is 1. The van der Waals surface area contributed by atoms with Crippen molar-refractivity contribution >= 4 is 5.91 Å². The van der Waals surface area contributed by atoms with E-state index < -0.39 is 5.60 Å². The lowest BCUT2D eigenvalue weighted by molar-refractivity contribution is -0.0825. The van der Waals surface area contributed by atoms with Crippen molar-refractivity contribution in [2.75, 3.05) is 26.8 Å². The number of carbonyl (C=O) groups is 1. The van der Waals surface area contributed by atoms with Crippen molar-refractivity contribution in [1.82, 2.24) is 15.1 Å². The Morgan fingerprint density at radius 1 is 1.48 bits per heavy atom. The number of methoxy groups -OCH3 is 1. The van der Waals surface area contributed by atoms with Gasteiger partial charge < -0.3 is 14.4 Å². The van der Waals surface area contributed by atoms with Gasteiger partial charge in [0.2, 0.25) is 0 Å². The molecule has 6 nitrogen and oxygen atoms in total. The van der Waals surface area contributed by atoms with Crippen molar-refractivity contribution in [3.8, 4) is 5.75 Å². The average molecular weight is 347 g/mol. The molecule has 0 aliphatic carbocycles. The van der Waals surface area contributed by atoms with Gasteiger partial charge in [0.05, 0.1) is 18.3 Å². The number of hydrogen-bond donors (Lipinski definition) is 1. The molecular weight excluding hydrogens is 325 g/mol. The normalized spacial score (nSPS) is 20.5. The molecule has 2 heterocycles. The first-order valence-electron chi connectivity index (χ1n) is 8.26. The van der Waals surface area contributed by atoms with Gasteiger partial charge in [-0.15, -0.1) is 0 Å². The summed E-state index contributed by atoms with van der Waals surface area (Å²) in [4.78, 5) is 14.5. The zero-order valence-corrected chi connectivity index (χ0v) is 14.4. The van der Waals surface area contributed by atoms with Crippen LogP contribution in [-0.2, 0) is 4.74 Å². The molecule has 1 atom stereocenters. The van der Waals surface area contributed by atoms with Gasteiger partial charge in [-0.2, -0.15) is 5.10 Å². The van der Waals surface area contributed by atoms with Crippen molar-refractivity contribution < 1.29 is 18.7 Å². The van der Waals surface area contributed by atoms with E-state index in [0.717, 1.165) is 18.5 Å². The molecule has 1 aliphatic heterocycles. The molecule has 1 amide bonds. The van der Waals surface area contributed by atoms with Gasteiger partial charge >= 0.3 is 0 Å². The second-order valence-corrected chi connectivity index (χ2v) is 6.37. The second-order valence-electron chi connectivity index (χ2n) is 6.37.